The molecule has 2 aromatic heterocycles. The topological polar surface area (TPSA) is 88.4 Å². The molecule has 0 radical (unpaired) electrons. The predicted octanol–water partition coefficient (Wildman–Crippen LogP) is 4.00. The van der Waals surface area contributed by atoms with E-state index in [0.717, 1.165) is 11.3 Å². The first-order valence-corrected chi connectivity index (χ1v) is 10.4. The van der Waals surface area contributed by atoms with Crippen molar-refractivity contribution in [3.8, 4) is 0 Å². The number of hydrogen-bond acceptors (Lipinski definition) is 4. The highest BCUT2D eigenvalue weighted by molar-refractivity contribution is 5.72. The summed E-state index contributed by atoms with van der Waals surface area (Å²) in [5.74, 6) is -0.0888. The summed E-state index contributed by atoms with van der Waals surface area (Å²) in [7, 11) is 0. The summed E-state index contributed by atoms with van der Waals surface area (Å²) in [4.78, 5) is 25.3. The molecule has 0 aliphatic heterocycles. The van der Waals surface area contributed by atoms with Gasteiger partial charge in [0.15, 0.2) is 5.65 Å². The molecule has 7 heteroatoms. The van der Waals surface area contributed by atoms with E-state index in [1.54, 1.807) is 16.9 Å². The van der Waals surface area contributed by atoms with Crippen molar-refractivity contribution in [2.75, 3.05) is 0 Å². The zero-order valence-corrected chi connectivity index (χ0v) is 18.1. The molecule has 0 saturated heterocycles. The van der Waals surface area contributed by atoms with Crippen molar-refractivity contribution < 1.29 is 9.59 Å². The van der Waals surface area contributed by atoms with Crippen LogP contribution in [0.1, 0.15) is 84.4 Å². The number of hydrogen-bond donors (Lipinski definition) is 2. The molecule has 0 spiro atoms. The van der Waals surface area contributed by atoms with Crippen molar-refractivity contribution in [2.24, 2.45) is 0 Å². The minimum Gasteiger partial charge on any atom is -0.353 e. The molecule has 1 aliphatic rings. The van der Waals surface area contributed by atoms with Crippen molar-refractivity contribution >= 4 is 18.0 Å². The fourth-order valence-electron chi connectivity index (χ4n) is 2.58. The van der Waals surface area contributed by atoms with Gasteiger partial charge >= 0.3 is 0 Å². The maximum atomic E-state index is 10.8. The number of fused-ring (bicyclic) bond motifs is 1. The summed E-state index contributed by atoms with van der Waals surface area (Å²) in [6, 6.07) is 1.84. The molecule has 0 aromatic carbocycles. The predicted molar refractivity (Wildman–Crippen MR) is 114 cm³/mol. The highest BCUT2D eigenvalue weighted by atomic mass is 16.1. The van der Waals surface area contributed by atoms with E-state index in [9.17, 15) is 9.59 Å². The number of aromatic nitrogens is 3. The first kappa shape index (κ1) is 25.6. The number of carbonyl (C=O) groups excluding carboxylic acids is 2. The number of amides is 2. The standard InChI is InChI=1S/C11H13N5O2.C6H12.2C2H6/c1-8(18)13-3-9-2-11-15-10(5-12-7-17)6-16(11)14-4-9;1-2-4-6-5-3-1;2*1-2/h2,4,6-7H,3,5H2,1H3,(H,12,17)(H,13,18);1-6H2;2*1-2H3. The largest absolute Gasteiger partial charge is 0.353 e. The Labute approximate surface area is 169 Å². The fourth-order valence-corrected chi connectivity index (χ4v) is 2.58. The Bertz CT molecular complexity index is 654. The number of imidazole rings is 1. The molecule has 2 aromatic rings. The van der Waals surface area contributed by atoms with Gasteiger partial charge in [-0.1, -0.05) is 66.2 Å². The van der Waals surface area contributed by atoms with Crippen LogP contribution in [0.25, 0.3) is 5.65 Å². The van der Waals surface area contributed by atoms with Crippen LogP contribution in [0.2, 0.25) is 0 Å². The van der Waals surface area contributed by atoms with Gasteiger partial charge in [-0.3, -0.25) is 9.59 Å². The van der Waals surface area contributed by atoms with Crippen LogP contribution in [0.15, 0.2) is 18.5 Å². The van der Waals surface area contributed by atoms with E-state index in [0.29, 0.717) is 25.1 Å². The number of rotatable bonds is 5. The van der Waals surface area contributed by atoms with E-state index in [1.165, 1.54) is 45.4 Å². The normalized spacial score (nSPS) is 12.2. The molecule has 0 atom stereocenters. The van der Waals surface area contributed by atoms with Crippen molar-refractivity contribution in [3.05, 3.63) is 29.7 Å². The number of nitrogens with one attached hydrogen (secondary N) is 2. The Kier molecular flexibility index (Phi) is 15.3. The fraction of sp³-hybridized carbons (Fsp3) is 0.619. The lowest BCUT2D eigenvalue weighted by Gasteiger charge is -2.05. The molecule has 7 nitrogen and oxygen atoms in total. The van der Waals surface area contributed by atoms with Crippen molar-refractivity contribution in [3.63, 3.8) is 0 Å². The molecule has 0 unspecified atom stereocenters. The Morgan fingerprint density at radius 3 is 2.14 bits per heavy atom. The molecule has 2 N–H and O–H groups in total. The lowest BCUT2D eigenvalue weighted by atomic mass is 10.0. The maximum Gasteiger partial charge on any atom is 0.217 e. The van der Waals surface area contributed by atoms with Gasteiger partial charge in [0.2, 0.25) is 12.3 Å². The Morgan fingerprint density at radius 1 is 1.07 bits per heavy atom. The summed E-state index contributed by atoms with van der Waals surface area (Å²) in [6.45, 7) is 10.3. The summed E-state index contributed by atoms with van der Waals surface area (Å²) >= 11 is 0. The minimum absolute atomic E-state index is 0.0888. The molecule has 1 aliphatic carbocycles. The third-order valence-electron chi connectivity index (χ3n) is 3.83. The second-order valence-corrected chi connectivity index (χ2v) is 5.93. The minimum atomic E-state index is -0.0888. The third kappa shape index (κ3) is 10.6. The SMILES string of the molecule is C1CCCCC1.CC.CC.CC(=O)NCc1cnn2cc(CNC=O)nc2c1. The van der Waals surface area contributed by atoms with Gasteiger partial charge in [0, 0.05) is 13.5 Å². The van der Waals surface area contributed by atoms with Gasteiger partial charge in [-0.15, -0.1) is 0 Å². The molecule has 1 saturated carbocycles. The van der Waals surface area contributed by atoms with Crippen LogP contribution in [-0.2, 0) is 22.7 Å². The summed E-state index contributed by atoms with van der Waals surface area (Å²) in [5.41, 5.74) is 2.28. The van der Waals surface area contributed by atoms with E-state index in [2.05, 4.69) is 20.7 Å². The molecular weight excluding hydrogens is 354 g/mol. The van der Waals surface area contributed by atoms with Crippen LogP contribution in [0.4, 0.5) is 0 Å². The summed E-state index contributed by atoms with van der Waals surface area (Å²) in [6.07, 6.45) is 13.0. The van der Waals surface area contributed by atoms with Crippen LogP contribution >= 0.6 is 0 Å². The zero-order chi connectivity index (χ0) is 21.2. The van der Waals surface area contributed by atoms with Gasteiger partial charge in [-0.05, 0) is 11.6 Å². The zero-order valence-electron chi connectivity index (χ0n) is 18.1. The average Bonchev–Trinajstić information content (AvgIpc) is 3.17. The smallest absolute Gasteiger partial charge is 0.217 e. The molecular formula is C21H37N5O2. The molecule has 28 heavy (non-hydrogen) atoms. The van der Waals surface area contributed by atoms with E-state index in [-0.39, 0.29) is 5.91 Å². The molecule has 3 rings (SSSR count). The Morgan fingerprint density at radius 2 is 1.64 bits per heavy atom. The average molecular weight is 392 g/mol. The van der Waals surface area contributed by atoms with Gasteiger partial charge in [0.05, 0.1) is 24.6 Å². The van der Waals surface area contributed by atoms with E-state index < -0.39 is 0 Å². The van der Waals surface area contributed by atoms with Crippen LogP contribution in [-0.4, -0.2) is 26.9 Å². The lowest BCUT2D eigenvalue weighted by Crippen LogP contribution is -2.19. The summed E-state index contributed by atoms with van der Waals surface area (Å²) in [5, 5.41) is 9.41. The van der Waals surface area contributed by atoms with Crippen LogP contribution in [0.5, 0.6) is 0 Å². The maximum absolute atomic E-state index is 10.8. The van der Waals surface area contributed by atoms with Gasteiger partial charge in [-0.25, -0.2) is 9.50 Å². The van der Waals surface area contributed by atoms with E-state index >= 15 is 0 Å². The van der Waals surface area contributed by atoms with Crippen LogP contribution in [0.3, 0.4) is 0 Å². The van der Waals surface area contributed by atoms with Crippen molar-refractivity contribution in [1.29, 1.82) is 0 Å². The Balaban J connectivity index is 0.000000607. The van der Waals surface area contributed by atoms with Gasteiger partial charge < -0.3 is 10.6 Å². The molecule has 2 heterocycles. The quantitative estimate of drug-likeness (QED) is 0.754. The van der Waals surface area contributed by atoms with E-state index in [4.69, 9.17) is 0 Å². The highest BCUT2D eigenvalue weighted by Crippen LogP contribution is 2.15. The van der Waals surface area contributed by atoms with Crippen LogP contribution < -0.4 is 10.6 Å². The van der Waals surface area contributed by atoms with Crippen molar-refractivity contribution in [1.82, 2.24) is 25.2 Å². The second-order valence-electron chi connectivity index (χ2n) is 5.93. The van der Waals surface area contributed by atoms with E-state index in [1.807, 2.05) is 33.8 Å². The lowest BCUT2D eigenvalue weighted by molar-refractivity contribution is -0.119. The number of carbonyl (C=O) groups is 2. The molecule has 158 valence electrons. The van der Waals surface area contributed by atoms with Gasteiger partial charge in [-0.2, -0.15) is 5.10 Å². The number of nitrogens with zero attached hydrogens (tertiary/aromatic N) is 3. The van der Waals surface area contributed by atoms with Gasteiger partial charge in [0.1, 0.15) is 0 Å². The first-order chi connectivity index (χ1) is 13.7. The van der Waals surface area contributed by atoms with Crippen LogP contribution in [0, 0.1) is 0 Å². The van der Waals surface area contributed by atoms with Crippen molar-refractivity contribution in [2.45, 2.75) is 86.2 Å². The molecule has 1 fully saturated rings. The summed E-state index contributed by atoms with van der Waals surface area (Å²) < 4.78 is 1.62. The first-order valence-electron chi connectivity index (χ1n) is 10.4. The second kappa shape index (κ2) is 16.7. The highest BCUT2D eigenvalue weighted by Gasteiger charge is 2.03. The van der Waals surface area contributed by atoms with Gasteiger partial charge in [0.25, 0.3) is 0 Å². The monoisotopic (exact) mass is 391 g/mol. The Hall–Kier alpha value is -2.44. The molecule has 2 amide bonds. The third-order valence-corrected chi connectivity index (χ3v) is 3.83. The molecule has 0 bridgehead atoms.